The number of aliphatic hydroxyl groups excluding tert-OH is 1. The molecule has 0 fully saturated rings. The maximum absolute atomic E-state index is 9.75. The van der Waals surface area contributed by atoms with Crippen molar-refractivity contribution in [3.8, 4) is 5.75 Å². The van der Waals surface area contributed by atoms with Crippen LogP contribution in [0.4, 0.5) is 0 Å². The molecule has 1 unspecified atom stereocenters. The van der Waals surface area contributed by atoms with Crippen molar-refractivity contribution in [1.29, 1.82) is 0 Å². The number of aromatic hydroxyl groups is 1. The Morgan fingerprint density at radius 1 is 1.44 bits per heavy atom. The molecule has 0 heterocycles. The fourth-order valence-corrected chi connectivity index (χ4v) is 1.96. The average Bonchev–Trinajstić information content (AvgIpc) is 2.21. The normalized spacial score (nSPS) is 13.8. The van der Waals surface area contributed by atoms with Crippen molar-refractivity contribution in [1.82, 2.24) is 5.32 Å². The van der Waals surface area contributed by atoms with Crippen LogP contribution in [0.15, 0.2) is 22.7 Å². The molecule has 0 bridgehead atoms. The largest absolute Gasteiger partial charge is 0.508 e. The summed E-state index contributed by atoms with van der Waals surface area (Å²) in [7, 11) is 0. The minimum atomic E-state index is -0.367. The summed E-state index contributed by atoms with van der Waals surface area (Å²) in [6.45, 7) is 5.84. The summed E-state index contributed by atoms with van der Waals surface area (Å²) in [4.78, 5) is 0. The Morgan fingerprint density at radius 2 is 2.06 bits per heavy atom. The van der Waals surface area contributed by atoms with E-state index in [1.807, 2.05) is 26.8 Å². The molecule has 0 radical (unpaired) electrons. The Balaban J connectivity index is 2.88. The quantitative estimate of drug-likeness (QED) is 0.798. The predicted octanol–water partition coefficient (Wildman–Crippen LogP) is 2.58. The van der Waals surface area contributed by atoms with E-state index >= 15 is 0 Å². The van der Waals surface area contributed by atoms with Crippen LogP contribution in [-0.2, 0) is 0 Å². The molecule has 1 aromatic carbocycles. The zero-order chi connectivity index (χ0) is 12.3. The van der Waals surface area contributed by atoms with Gasteiger partial charge < -0.3 is 15.5 Å². The topological polar surface area (TPSA) is 52.5 Å². The van der Waals surface area contributed by atoms with Crippen molar-refractivity contribution in [2.45, 2.75) is 32.4 Å². The summed E-state index contributed by atoms with van der Waals surface area (Å²) in [5.74, 6) is 0.261. The van der Waals surface area contributed by atoms with Crippen molar-refractivity contribution in [3.63, 3.8) is 0 Å². The Labute approximate surface area is 105 Å². The van der Waals surface area contributed by atoms with Gasteiger partial charge in [0, 0.05) is 21.6 Å². The third-order valence-electron chi connectivity index (χ3n) is 2.46. The molecule has 4 heteroatoms. The first-order valence-electron chi connectivity index (χ1n) is 5.23. The van der Waals surface area contributed by atoms with Gasteiger partial charge in [0.2, 0.25) is 0 Å². The van der Waals surface area contributed by atoms with Crippen molar-refractivity contribution >= 4 is 15.9 Å². The van der Waals surface area contributed by atoms with Gasteiger partial charge >= 0.3 is 0 Å². The van der Waals surface area contributed by atoms with E-state index in [-0.39, 0.29) is 23.9 Å². The van der Waals surface area contributed by atoms with Gasteiger partial charge in [-0.3, -0.25) is 0 Å². The van der Waals surface area contributed by atoms with E-state index in [0.717, 1.165) is 10.0 Å². The number of rotatable bonds is 4. The predicted molar refractivity (Wildman–Crippen MR) is 68.5 cm³/mol. The molecular weight excluding hydrogens is 270 g/mol. The summed E-state index contributed by atoms with van der Waals surface area (Å²) in [6, 6.07) is 5.30. The summed E-state index contributed by atoms with van der Waals surface area (Å²) in [5.41, 5.74) is 0.449. The number of halogens is 1. The summed E-state index contributed by atoms with van der Waals surface area (Å²) in [5, 5.41) is 22.2. The van der Waals surface area contributed by atoms with E-state index in [9.17, 15) is 10.2 Å². The number of phenolic OH excluding ortho intramolecular Hbond substituents is 1. The molecule has 16 heavy (non-hydrogen) atoms. The standard InChI is InChI=1S/C12H18BrNO2/c1-8(14-12(2,3)7-15)10-6-9(13)4-5-11(10)16/h4-6,8,14-16H,7H2,1-3H3. The molecule has 1 rings (SSSR count). The molecule has 0 spiro atoms. The van der Waals surface area contributed by atoms with Gasteiger partial charge in [-0.25, -0.2) is 0 Å². The van der Waals surface area contributed by atoms with Crippen LogP contribution >= 0.6 is 15.9 Å². The van der Waals surface area contributed by atoms with Crippen LogP contribution in [0.25, 0.3) is 0 Å². The van der Waals surface area contributed by atoms with Crippen LogP contribution in [0.3, 0.4) is 0 Å². The van der Waals surface area contributed by atoms with Crippen molar-refractivity contribution < 1.29 is 10.2 Å². The highest BCUT2D eigenvalue weighted by Gasteiger charge is 2.21. The van der Waals surface area contributed by atoms with Gasteiger partial charge in [0.05, 0.1) is 6.61 Å². The number of hydrogen-bond donors (Lipinski definition) is 3. The molecule has 0 aliphatic heterocycles. The highest BCUT2D eigenvalue weighted by Crippen LogP contribution is 2.28. The van der Waals surface area contributed by atoms with Crippen LogP contribution in [0, 0.1) is 0 Å². The molecular formula is C12H18BrNO2. The highest BCUT2D eigenvalue weighted by molar-refractivity contribution is 9.10. The summed E-state index contributed by atoms with van der Waals surface area (Å²) >= 11 is 3.37. The molecule has 0 aliphatic rings. The minimum absolute atomic E-state index is 0.0281. The second-order valence-electron chi connectivity index (χ2n) is 4.61. The fraction of sp³-hybridized carbons (Fsp3) is 0.500. The zero-order valence-corrected chi connectivity index (χ0v) is 11.4. The lowest BCUT2D eigenvalue weighted by Crippen LogP contribution is -2.43. The molecule has 1 aromatic rings. The van der Waals surface area contributed by atoms with Gasteiger partial charge in [-0.15, -0.1) is 0 Å². The zero-order valence-electron chi connectivity index (χ0n) is 9.79. The fourth-order valence-electron chi connectivity index (χ4n) is 1.58. The molecule has 0 amide bonds. The lowest BCUT2D eigenvalue weighted by Gasteiger charge is -2.28. The van der Waals surface area contributed by atoms with E-state index in [1.165, 1.54) is 0 Å². The first kappa shape index (κ1) is 13.5. The second kappa shape index (κ2) is 5.17. The average molecular weight is 288 g/mol. The lowest BCUT2D eigenvalue weighted by molar-refractivity contribution is 0.177. The van der Waals surface area contributed by atoms with Crippen LogP contribution in [0.1, 0.15) is 32.4 Å². The maximum atomic E-state index is 9.75. The number of aliphatic hydroxyl groups is 1. The molecule has 0 saturated carbocycles. The molecule has 90 valence electrons. The number of nitrogens with one attached hydrogen (secondary N) is 1. The van der Waals surface area contributed by atoms with Gasteiger partial charge in [-0.05, 0) is 39.0 Å². The lowest BCUT2D eigenvalue weighted by atomic mass is 10.0. The van der Waals surface area contributed by atoms with E-state index in [4.69, 9.17) is 0 Å². The van der Waals surface area contributed by atoms with Gasteiger partial charge in [0.1, 0.15) is 5.75 Å². The van der Waals surface area contributed by atoms with E-state index in [0.29, 0.717) is 0 Å². The number of hydrogen-bond acceptors (Lipinski definition) is 3. The van der Waals surface area contributed by atoms with Gasteiger partial charge in [-0.2, -0.15) is 0 Å². The Kier molecular flexibility index (Phi) is 4.35. The highest BCUT2D eigenvalue weighted by atomic mass is 79.9. The van der Waals surface area contributed by atoms with Crippen LogP contribution in [0.2, 0.25) is 0 Å². The number of benzene rings is 1. The van der Waals surface area contributed by atoms with Crippen LogP contribution < -0.4 is 5.32 Å². The second-order valence-corrected chi connectivity index (χ2v) is 5.53. The van der Waals surface area contributed by atoms with Gasteiger partial charge in [-0.1, -0.05) is 15.9 Å². The molecule has 0 saturated heterocycles. The Bertz CT molecular complexity index is 366. The van der Waals surface area contributed by atoms with Crippen molar-refractivity contribution in [2.24, 2.45) is 0 Å². The first-order chi connectivity index (χ1) is 7.35. The molecule has 3 nitrogen and oxygen atoms in total. The molecule has 0 aromatic heterocycles. The molecule has 3 N–H and O–H groups in total. The smallest absolute Gasteiger partial charge is 0.120 e. The number of phenols is 1. The maximum Gasteiger partial charge on any atom is 0.120 e. The minimum Gasteiger partial charge on any atom is -0.508 e. The summed E-state index contributed by atoms with van der Waals surface area (Å²) in [6.07, 6.45) is 0. The third kappa shape index (κ3) is 3.47. The van der Waals surface area contributed by atoms with Crippen LogP contribution in [-0.4, -0.2) is 22.4 Å². The van der Waals surface area contributed by atoms with Crippen LogP contribution in [0.5, 0.6) is 5.75 Å². The Morgan fingerprint density at radius 3 is 2.62 bits per heavy atom. The summed E-state index contributed by atoms with van der Waals surface area (Å²) < 4.78 is 0.927. The molecule has 0 aliphatic carbocycles. The third-order valence-corrected chi connectivity index (χ3v) is 2.95. The Hall–Kier alpha value is -0.580. The van der Waals surface area contributed by atoms with Gasteiger partial charge in [0.25, 0.3) is 0 Å². The first-order valence-corrected chi connectivity index (χ1v) is 6.02. The van der Waals surface area contributed by atoms with Crippen molar-refractivity contribution in [2.75, 3.05) is 6.61 Å². The van der Waals surface area contributed by atoms with Crippen molar-refractivity contribution in [3.05, 3.63) is 28.2 Å². The van der Waals surface area contributed by atoms with Gasteiger partial charge in [0.15, 0.2) is 0 Å². The SMILES string of the molecule is CC(NC(C)(C)CO)c1cc(Br)ccc1O. The van der Waals surface area contributed by atoms with E-state index in [2.05, 4.69) is 21.2 Å². The monoisotopic (exact) mass is 287 g/mol. The molecule has 1 atom stereocenters. The van der Waals surface area contributed by atoms with E-state index in [1.54, 1.807) is 12.1 Å². The van der Waals surface area contributed by atoms with E-state index < -0.39 is 0 Å².